The summed E-state index contributed by atoms with van der Waals surface area (Å²) in [6, 6.07) is 5.12. The van der Waals surface area contributed by atoms with Crippen LogP contribution < -0.4 is 10.2 Å². The lowest BCUT2D eigenvalue weighted by molar-refractivity contribution is -0.121. The van der Waals surface area contributed by atoms with Crippen LogP contribution in [0.25, 0.3) is 0 Å². The number of rotatable bonds is 1. The number of hydrogen-bond acceptors (Lipinski definition) is 4. The summed E-state index contributed by atoms with van der Waals surface area (Å²) in [5, 5.41) is 3.16. The van der Waals surface area contributed by atoms with Crippen LogP contribution in [0, 0.1) is 0 Å². The number of esters is 1. The molecule has 1 aromatic rings. The Balaban J connectivity index is 2.49. The number of ether oxygens (including phenoxy) is 1. The van der Waals surface area contributed by atoms with Crippen LogP contribution in [-0.4, -0.2) is 31.6 Å². The second-order valence-corrected chi connectivity index (χ2v) is 4.84. The van der Waals surface area contributed by atoms with Crippen molar-refractivity contribution in [2.45, 2.75) is 19.4 Å². The summed E-state index contributed by atoms with van der Waals surface area (Å²) in [6.45, 7) is 3.64. The number of nitrogens with one attached hydrogen (secondary N) is 1. The first-order valence-corrected chi connectivity index (χ1v) is 5.65. The van der Waals surface area contributed by atoms with Crippen LogP contribution in [0.2, 0.25) is 0 Å². The molecule has 0 aliphatic carbocycles. The van der Waals surface area contributed by atoms with Gasteiger partial charge in [-0.1, -0.05) is 0 Å². The van der Waals surface area contributed by atoms with Gasteiger partial charge >= 0.3 is 5.97 Å². The Morgan fingerprint density at radius 2 is 2.06 bits per heavy atom. The van der Waals surface area contributed by atoms with E-state index in [1.807, 2.05) is 13.8 Å². The number of anilines is 2. The molecule has 0 unspecified atom stereocenters. The molecule has 1 aliphatic rings. The highest BCUT2D eigenvalue weighted by Gasteiger charge is 2.36. The van der Waals surface area contributed by atoms with Crippen LogP contribution in [0.4, 0.5) is 11.4 Å². The average molecular weight is 248 g/mol. The smallest absolute Gasteiger partial charge is 0.337 e. The zero-order chi connectivity index (χ0) is 13.5. The van der Waals surface area contributed by atoms with Gasteiger partial charge in [0.25, 0.3) is 5.91 Å². The number of benzene rings is 1. The molecule has 1 aliphatic heterocycles. The molecule has 0 saturated heterocycles. The van der Waals surface area contributed by atoms with Crippen molar-refractivity contribution in [3.63, 3.8) is 0 Å². The molecule has 0 aromatic heterocycles. The Kier molecular flexibility index (Phi) is 2.77. The SMILES string of the molecule is COC(=O)c1ccc2c(c1)N(C)C(=O)C(C)(C)N2. The summed E-state index contributed by atoms with van der Waals surface area (Å²) in [5.41, 5.74) is 1.29. The monoisotopic (exact) mass is 248 g/mol. The molecular formula is C13H16N2O3. The van der Waals surface area contributed by atoms with Gasteiger partial charge in [-0.3, -0.25) is 4.79 Å². The summed E-state index contributed by atoms with van der Waals surface area (Å²) < 4.78 is 4.67. The number of carbonyl (C=O) groups excluding carboxylic acids is 2. The van der Waals surface area contributed by atoms with E-state index in [-0.39, 0.29) is 5.91 Å². The first-order valence-electron chi connectivity index (χ1n) is 5.65. The number of nitrogens with zero attached hydrogens (tertiary/aromatic N) is 1. The topological polar surface area (TPSA) is 58.6 Å². The van der Waals surface area contributed by atoms with E-state index < -0.39 is 11.5 Å². The Morgan fingerprint density at radius 1 is 1.39 bits per heavy atom. The highest BCUT2D eigenvalue weighted by Crippen LogP contribution is 2.35. The van der Waals surface area contributed by atoms with Crippen LogP contribution in [0.15, 0.2) is 18.2 Å². The van der Waals surface area contributed by atoms with Crippen LogP contribution in [0.3, 0.4) is 0 Å². The molecule has 5 nitrogen and oxygen atoms in total. The minimum absolute atomic E-state index is 0.0444. The molecule has 0 radical (unpaired) electrons. The van der Waals surface area contributed by atoms with E-state index in [0.29, 0.717) is 11.3 Å². The highest BCUT2D eigenvalue weighted by atomic mass is 16.5. The predicted octanol–water partition coefficient (Wildman–Crippen LogP) is 1.64. The molecular weight excluding hydrogens is 232 g/mol. The molecule has 18 heavy (non-hydrogen) atoms. The molecule has 1 amide bonds. The molecule has 0 spiro atoms. The van der Waals surface area contributed by atoms with E-state index in [1.54, 1.807) is 30.1 Å². The fourth-order valence-electron chi connectivity index (χ4n) is 2.08. The fourth-order valence-corrected chi connectivity index (χ4v) is 2.08. The summed E-state index contributed by atoms with van der Waals surface area (Å²) in [7, 11) is 3.03. The number of carbonyl (C=O) groups is 2. The number of methoxy groups -OCH3 is 1. The maximum absolute atomic E-state index is 12.1. The molecule has 1 aromatic carbocycles. The molecule has 0 atom stereocenters. The van der Waals surface area contributed by atoms with Gasteiger partial charge < -0.3 is 15.0 Å². The van der Waals surface area contributed by atoms with Crippen LogP contribution in [0.1, 0.15) is 24.2 Å². The average Bonchev–Trinajstić information content (AvgIpc) is 2.34. The van der Waals surface area contributed by atoms with Gasteiger partial charge in [0.05, 0.1) is 24.0 Å². The maximum Gasteiger partial charge on any atom is 0.337 e. The summed E-state index contributed by atoms with van der Waals surface area (Å²) in [5.74, 6) is -0.458. The van der Waals surface area contributed by atoms with Crippen molar-refractivity contribution < 1.29 is 14.3 Å². The normalized spacial score (nSPS) is 16.9. The Hall–Kier alpha value is -2.04. The quantitative estimate of drug-likeness (QED) is 0.768. The fraction of sp³-hybridized carbons (Fsp3) is 0.385. The second kappa shape index (κ2) is 4.01. The van der Waals surface area contributed by atoms with Gasteiger partial charge in [0, 0.05) is 7.05 Å². The van der Waals surface area contributed by atoms with Crippen molar-refractivity contribution >= 4 is 23.3 Å². The van der Waals surface area contributed by atoms with E-state index in [0.717, 1.165) is 5.69 Å². The van der Waals surface area contributed by atoms with Crippen LogP contribution in [-0.2, 0) is 9.53 Å². The van der Waals surface area contributed by atoms with Gasteiger partial charge in [0.15, 0.2) is 0 Å². The van der Waals surface area contributed by atoms with Crippen LogP contribution >= 0.6 is 0 Å². The molecule has 5 heteroatoms. The third kappa shape index (κ3) is 1.81. The minimum atomic E-state index is -0.644. The lowest BCUT2D eigenvalue weighted by atomic mass is 9.98. The van der Waals surface area contributed by atoms with Gasteiger partial charge in [-0.25, -0.2) is 4.79 Å². The van der Waals surface area contributed by atoms with Gasteiger partial charge in [-0.15, -0.1) is 0 Å². The maximum atomic E-state index is 12.1. The van der Waals surface area contributed by atoms with Gasteiger partial charge in [-0.05, 0) is 32.0 Å². The Labute approximate surface area is 106 Å². The van der Waals surface area contributed by atoms with E-state index in [2.05, 4.69) is 10.1 Å². The standard InChI is InChI=1S/C13H16N2O3/c1-13(2)12(17)15(3)10-7-8(11(16)18-4)5-6-9(10)14-13/h5-7,14H,1-4H3. The van der Waals surface area contributed by atoms with Gasteiger partial charge in [0.2, 0.25) is 0 Å². The number of amides is 1. The van der Waals surface area contributed by atoms with Gasteiger partial charge in [-0.2, -0.15) is 0 Å². The van der Waals surface area contributed by atoms with Crippen molar-refractivity contribution in [2.24, 2.45) is 0 Å². The number of fused-ring (bicyclic) bond motifs is 1. The van der Waals surface area contributed by atoms with Crippen molar-refractivity contribution in [1.29, 1.82) is 0 Å². The first-order chi connectivity index (χ1) is 8.36. The Morgan fingerprint density at radius 3 is 2.67 bits per heavy atom. The molecule has 0 bridgehead atoms. The van der Waals surface area contributed by atoms with Crippen molar-refractivity contribution in [2.75, 3.05) is 24.4 Å². The molecule has 0 saturated carbocycles. The predicted molar refractivity (Wildman–Crippen MR) is 68.9 cm³/mol. The van der Waals surface area contributed by atoms with Crippen LogP contribution in [0.5, 0.6) is 0 Å². The second-order valence-electron chi connectivity index (χ2n) is 4.84. The number of hydrogen-bond donors (Lipinski definition) is 1. The van der Waals surface area contributed by atoms with E-state index in [4.69, 9.17) is 0 Å². The third-order valence-electron chi connectivity index (χ3n) is 3.07. The molecule has 0 fully saturated rings. The van der Waals surface area contributed by atoms with E-state index >= 15 is 0 Å². The first kappa shape index (κ1) is 12.4. The minimum Gasteiger partial charge on any atom is -0.465 e. The van der Waals surface area contributed by atoms with Crippen molar-refractivity contribution in [3.8, 4) is 0 Å². The summed E-state index contributed by atoms with van der Waals surface area (Å²) >= 11 is 0. The lowest BCUT2D eigenvalue weighted by Gasteiger charge is -2.38. The van der Waals surface area contributed by atoms with Crippen molar-refractivity contribution in [3.05, 3.63) is 23.8 Å². The van der Waals surface area contributed by atoms with Gasteiger partial charge in [0.1, 0.15) is 5.54 Å². The molecule has 1 N–H and O–H groups in total. The van der Waals surface area contributed by atoms with E-state index in [1.165, 1.54) is 7.11 Å². The summed E-state index contributed by atoms with van der Waals surface area (Å²) in [4.78, 5) is 25.1. The zero-order valence-corrected chi connectivity index (χ0v) is 10.9. The molecule has 2 rings (SSSR count). The number of likely N-dealkylation sites (N-methyl/N-ethyl adjacent to an activating group) is 1. The van der Waals surface area contributed by atoms with Crippen molar-refractivity contribution in [1.82, 2.24) is 0 Å². The van der Waals surface area contributed by atoms with E-state index in [9.17, 15) is 9.59 Å². The zero-order valence-electron chi connectivity index (χ0n) is 10.9. The highest BCUT2D eigenvalue weighted by molar-refractivity contribution is 6.08. The molecule has 1 heterocycles. The Bertz CT molecular complexity index is 523. The lowest BCUT2D eigenvalue weighted by Crippen LogP contribution is -2.52. The third-order valence-corrected chi connectivity index (χ3v) is 3.07. The molecule has 96 valence electrons. The largest absolute Gasteiger partial charge is 0.465 e. The summed E-state index contributed by atoms with van der Waals surface area (Å²) in [6.07, 6.45) is 0.